The largest absolute Gasteiger partial charge is 0.351 e. The summed E-state index contributed by atoms with van der Waals surface area (Å²) < 4.78 is 0. The summed E-state index contributed by atoms with van der Waals surface area (Å²) >= 11 is 1.38. The Kier molecular flexibility index (Phi) is 9.32. The minimum Gasteiger partial charge on any atom is -0.351 e. The van der Waals surface area contributed by atoms with Crippen LogP contribution in [0.25, 0.3) is 0 Å². The van der Waals surface area contributed by atoms with Crippen LogP contribution in [0.4, 0.5) is 0 Å². The van der Waals surface area contributed by atoms with Gasteiger partial charge >= 0.3 is 0 Å². The van der Waals surface area contributed by atoms with E-state index in [4.69, 9.17) is 5.73 Å². The maximum absolute atomic E-state index is 12.0. The van der Waals surface area contributed by atoms with Crippen molar-refractivity contribution in [3.63, 3.8) is 0 Å². The molecule has 2 amide bonds. The van der Waals surface area contributed by atoms with Gasteiger partial charge in [0.25, 0.3) is 5.91 Å². The van der Waals surface area contributed by atoms with E-state index in [1.807, 2.05) is 18.4 Å². The van der Waals surface area contributed by atoms with Crippen molar-refractivity contribution >= 4 is 35.6 Å². The van der Waals surface area contributed by atoms with E-state index in [0.717, 1.165) is 6.42 Å². The van der Waals surface area contributed by atoms with Gasteiger partial charge in [-0.25, -0.2) is 0 Å². The smallest absolute Gasteiger partial charge is 0.261 e. The monoisotopic (exact) mass is 347 g/mol. The maximum Gasteiger partial charge on any atom is 0.261 e. The third kappa shape index (κ3) is 7.24. The lowest BCUT2D eigenvalue weighted by molar-refractivity contribution is -0.122. The van der Waals surface area contributed by atoms with E-state index < -0.39 is 0 Å². The van der Waals surface area contributed by atoms with Gasteiger partial charge in [-0.05, 0) is 30.7 Å². The first-order valence-electron chi connectivity index (χ1n) is 7.19. The van der Waals surface area contributed by atoms with Crippen LogP contribution in [0.5, 0.6) is 0 Å². The lowest BCUT2D eigenvalue weighted by Gasteiger charge is -2.31. The minimum atomic E-state index is -0.386. The van der Waals surface area contributed by atoms with E-state index in [1.165, 1.54) is 11.3 Å². The number of thiophene rings is 1. The van der Waals surface area contributed by atoms with Crippen molar-refractivity contribution in [3.8, 4) is 0 Å². The van der Waals surface area contributed by atoms with Gasteiger partial charge in [-0.1, -0.05) is 19.9 Å². The molecular weight excluding hydrogens is 322 g/mol. The Balaban J connectivity index is 0.00000441. The average molecular weight is 348 g/mol. The fourth-order valence-corrected chi connectivity index (χ4v) is 2.91. The normalized spacial score (nSPS) is 13.1. The Morgan fingerprint density at radius 3 is 2.59 bits per heavy atom. The number of carbonyl (C=O) groups excluding carboxylic acids is 2. The average Bonchev–Trinajstić information content (AvgIpc) is 2.91. The number of hydrogen-bond acceptors (Lipinski definition) is 4. The van der Waals surface area contributed by atoms with Crippen LogP contribution in [0, 0.1) is 5.92 Å². The third-order valence-electron chi connectivity index (χ3n) is 3.13. The van der Waals surface area contributed by atoms with Crippen molar-refractivity contribution in [3.05, 3.63) is 22.4 Å². The summed E-state index contributed by atoms with van der Waals surface area (Å²) in [6, 6.07) is 3.58. The summed E-state index contributed by atoms with van der Waals surface area (Å²) in [7, 11) is 0. The summed E-state index contributed by atoms with van der Waals surface area (Å²) in [6.45, 7) is 6.88. The minimum absolute atomic E-state index is 0. The molecule has 4 N–H and O–H groups in total. The number of rotatable bonds is 8. The highest BCUT2D eigenvalue weighted by Crippen LogP contribution is 2.15. The number of hydrogen-bond donors (Lipinski definition) is 3. The summed E-state index contributed by atoms with van der Waals surface area (Å²) in [5.74, 6) is 0.231. The van der Waals surface area contributed by atoms with E-state index in [-0.39, 0.29) is 36.2 Å². The fourth-order valence-electron chi connectivity index (χ4n) is 2.27. The Bertz CT molecular complexity index is 465. The third-order valence-corrected chi connectivity index (χ3v) is 4.00. The maximum atomic E-state index is 12.0. The number of nitrogens with one attached hydrogen (secondary N) is 2. The van der Waals surface area contributed by atoms with Crippen LogP contribution in [0.15, 0.2) is 17.5 Å². The van der Waals surface area contributed by atoms with Crippen molar-refractivity contribution in [1.29, 1.82) is 0 Å². The van der Waals surface area contributed by atoms with E-state index in [9.17, 15) is 9.59 Å². The van der Waals surface area contributed by atoms with Gasteiger partial charge in [-0.2, -0.15) is 0 Å². The zero-order valence-corrected chi connectivity index (χ0v) is 15.0. The summed E-state index contributed by atoms with van der Waals surface area (Å²) in [4.78, 5) is 24.3. The van der Waals surface area contributed by atoms with Gasteiger partial charge < -0.3 is 16.4 Å². The highest BCUT2D eigenvalue weighted by molar-refractivity contribution is 7.12. The zero-order chi connectivity index (χ0) is 15.9. The topological polar surface area (TPSA) is 84.2 Å². The van der Waals surface area contributed by atoms with E-state index in [2.05, 4.69) is 24.5 Å². The molecule has 0 aliphatic heterocycles. The molecular formula is C15H26ClN3O2S. The Morgan fingerprint density at radius 1 is 1.41 bits per heavy atom. The van der Waals surface area contributed by atoms with Crippen molar-refractivity contribution in [2.75, 3.05) is 13.1 Å². The van der Waals surface area contributed by atoms with Gasteiger partial charge in [0.1, 0.15) is 0 Å². The van der Waals surface area contributed by atoms with Gasteiger partial charge in [-0.15, -0.1) is 23.7 Å². The molecule has 1 aromatic heterocycles. The Hall–Kier alpha value is -1.11. The molecule has 0 radical (unpaired) electrons. The number of halogens is 1. The van der Waals surface area contributed by atoms with Gasteiger partial charge in [-0.3, -0.25) is 9.59 Å². The zero-order valence-electron chi connectivity index (χ0n) is 13.3. The number of amides is 2. The summed E-state index contributed by atoms with van der Waals surface area (Å²) in [6.07, 6.45) is 1.08. The molecule has 0 saturated heterocycles. The van der Waals surface area contributed by atoms with Crippen LogP contribution < -0.4 is 16.4 Å². The molecule has 1 heterocycles. The molecule has 0 bridgehead atoms. The van der Waals surface area contributed by atoms with Gasteiger partial charge in [0.15, 0.2) is 0 Å². The van der Waals surface area contributed by atoms with E-state index in [0.29, 0.717) is 23.9 Å². The van der Waals surface area contributed by atoms with Crippen LogP contribution in [0.3, 0.4) is 0 Å². The molecule has 126 valence electrons. The molecule has 1 aromatic rings. The predicted molar refractivity (Wildman–Crippen MR) is 93.6 cm³/mol. The molecule has 7 heteroatoms. The predicted octanol–water partition coefficient (Wildman–Crippen LogP) is 2.17. The Labute approximate surface area is 142 Å². The second-order valence-electron chi connectivity index (χ2n) is 5.89. The van der Waals surface area contributed by atoms with Crippen molar-refractivity contribution < 1.29 is 9.59 Å². The van der Waals surface area contributed by atoms with Gasteiger partial charge in [0.2, 0.25) is 5.91 Å². The number of carbonyl (C=O) groups is 2. The molecule has 0 spiro atoms. The standard InChI is InChI=1S/C15H25N3O2S.ClH/c1-11(2)9-15(3,10-16)18-13(19)6-7-17-14(20)12-5-4-8-21-12;/h4-5,8,11H,6-7,9-10,16H2,1-3H3,(H,17,20)(H,18,19);1H. The summed E-state index contributed by atoms with van der Waals surface area (Å²) in [5, 5.41) is 7.56. The first kappa shape index (κ1) is 20.9. The lowest BCUT2D eigenvalue weighted by Crippen LogP contribution is -2.52. The molecule has 0 saturated carbocycles. The van der Waals surface area contributed by atoms with Gasteiger partial charge in [0, 0.05) is 25.0 Å². The number of nitrogens with two attached hydrogens (primary N) is 1. The first-order chi connectivity index (χ1) is 9.86. The SMILES string of the molecule is CC(C)CC(C)(CN)NC(=O)CCNC(=O)c1cccs1.Cl. The van der Waals surface area contributed by atoms with Crippen molar-refractivity contribution in [1.82, 2.24) is 10.6 Å². The molecule has 1 atom stereocenters. The lowest BCUT2D eigenvalue weighted by atomic mass is 9.90. The van der Waals surface area contributed by atoms with Crippen LogP contribution in [0.1, 0.15) is 43.3 Å². The summed E-state index contributed by atoms with van der Waals surface area (Å²) in [5.41, 5.74) is 5.38. The quantitative estimate of drug-likeness (QED) is 0.673. The van der Waals surface area contributed by atoms with Crippen LogP contribution in [-0.2, 0) is 4.79 Å². The molecule has 0 aliphatic rings. The van der Waals surface area contributed by atoms with Crippen molar-refractivity contribution in [2.45, 2.75) is 39.2 Å². The molecule has 0 aliphatic carbocycles. The highest BCUT2D eigenvalue weighted by Gasteiger charge is 2.25. The molecule has 1 unspecified atom stereocenters. The fraction of sp³-hybridized carbons (Fsp3) is 0.600. The van der Waals surface area contributed by atoms with Crippen LogP contribution >= 0.6 is 23.7 Å². The molecule has 1 rings (SSSR count). The molecule has 0 fully saturated rings. The molecule has 5 nitrogen and oxygen atoms in total. The molecule has 22 heavy (non-hydrogen) atoms. The highest BCUT2D eigenvalue weighted by atomic mass is 35.5. The van der Waals surface area contributed by atoms with E-state index in [1.54, 1.807) is 6.07 Å². The second-order valence-corrected chi connectivity index (χ2v) is 6.84. The molecule has 0 aromatic carbocycles. The van der Waals surface area contributed by atoms with Crippen LogP contribution in [0.2, 0.25) is 0 Å². The Morgan fingerprint density at radius 2 is 2.09 bits per heavy atom. The van der Waals surface area contributed by atoms with E-state index >= 15 is 0 Å². The van der Waals surface area contributed by atoms with Crippen LogP contribution in [-0.4, -0.2) is 30.4 Å². The van der Waals surface area contributed by atoms with Gasteiger partial charge in [0.05, 0.1) is 4.88 Å². The van der Waals surface area contributed by atoms with Crippen molar-refractivity contribution in [2.24, 2.45) is 11.7 Å². The first-order valence-corrected chi connectivity index (χ1v) is 8.07. The second kappa shape index (κ2) is 9.82.